The number of benzene rings is 3. The number of carbonyl (C=O) groups excluding carboxylic acids is 1. The van der Waals surface area contributed by atoms with Crippen LogP contribution in [0.5, 0.6) is 0 Å². The number of hydrogen-bond donors (Lipinski definition) is 1. The number of aromatic nitrogens is 1. The second-order valence-corrected chi connectivity index (χ2v) is 7.16. The SMILES string of the molecule is N#Cc1cc(CNC(=O)c2ccc3c(-c4ccc(C(F)(F)F)cc4)cccc3c2)ccn1. The molecule has 4 nitrogen and oxygen atoms in total. The molecule has 0 aliphatic heterocycles. The Hall–Kier alpha value is -4.18. The lowest BCUT2D eigenvalue weighted by Gasteiger charge is -2.11. The molecule has 0 atom stereocenters. The van der Waals surface area contributed by atoms with Gasteiger partial charge in [0.25, 0.3) is 5.91 Å². The summed E-state index contributed by atoms with van der Waals surface area (Å²) in [6.07, 6.45) is -2.87. The third kappa shape index (κ3) is 4.44. The zero-order valence-electron chi connectivity index (χ0n) is 16.6. The zero-order chi connectivity index (χ0) is 22.7. The van der Waals surface area contributed by atoms with E-state index in [0.29, 0.717) is 11.1 Å². The summed E-state index contributed by atoms with van der Waals surface area (Å²) in [5.74, 6) is -0.276. The van der Waals surface area contributed by atoms with E-state index < -0.39 is 11.7 Å². The molecule has 0 radical (unpaired) electrons. The van der Waals surface area contributed by atoms with Gasteiger partial charge in [0.05, 0.1) is 5.56 Å². The van der Waals surface area contributed by atoms with E-state index in [1.165, 1.54) is 18.3 Å². The lowest BCUT2D eigenvalue weighted by molar-refractivity contribution is -0.137. The van der Waals surface area contributed by atoms with Gasteiger partial charge in [0, 0.05) is 18.3 Å². The molecule has 0 fully saturated rings. The Morgan fingerprint density at radius 1 is 1.00 bits per heavy atom. The minimum atomic E-state index is -4.38. The van der Waals surface area contributed by atoms with Crippen LogP contribution in [0.1, 0.15) is 27.2 Å². The van der Waals surface area contributed by atoms with E-state index in [2.05, 4.69) is 10.3 Å². The number of fused-ring (bicyclic) bond motifs is 1. The van der Waals surface area contributed by atoms with Crippen molar-refractivity contribution in [2.24, 2.45) is 0 Å². The fraction of sp³-hybridized carbons (Fsp3) is 0.0800. The van der Waals surface area contributed by atoms with E-state index in [1.807, 2.05) is 18.2 Å². The number of nitrogens with one attached hydrogen (secondary N) is 1. The van der Waals surface area contributed by atoms with Crippen molar-refractivity contribution in [1.29, 1.82) is 5.26 Å². The van der Waals surface area contributed by atoms with Crippen LogP contribution in [0.3, 0.4) is 0 Å². The Labute approximate surface area is 182 Å². The van der Waals surface area contributed by atoms with Gasteiger partial charge in [0.1, 0.15) is 11.8 Å². The molecule has 1 N–H and O–H groups in total. The van der Waals surface area contributed by atoms with Gasteiger partial charge in [0.2, 0.25) is 0 Å². The number of alkyl halides is 3. The maximum Gasteiger partial charge on any atom is 0.416 e. The topological polar surface area (TPSA) is 65.8 Å². The lowest BCUT2D eigenvalue weighted by atomic mass is 9.96. The third-order valence-corrected chi connectivity index (χ3v) is 5.06. The number of amides is 1. The maximum atomic E-state index is 12.8. The second kappa shape index (κ2) is 8.52. The Kier molecular flexibility index (Phi) is 5.61. The number of nitrogens with zero attached hydrogens (tertiary/aromatic N) is 2. The van der Waals surface area contributed by atoms with Crippen molar-refractivity contribution in [3.05, 3.63) is 101 Å². The van der Waals surface area contributed by atoms with Crippen molar-refractivity contribution in [1.82, 2.24) is 10.3 Å². The highest BCUT2D eigenvalue weighted by molar-refractivity contribution is 6.02. The molecular weight excluding hydrogens is 415 g/mol. The van der Waals surface area contributed by atoms with Gasteiger partial charge in [-0.3, -0.25) is 4.79 Å². The van der Waals surface area contributed by atoms with E-state index in [9.17, 15) is 18.0 Å². The van der Waals surface area contributed by atoms with Crippen molar-refractivity contribution >= 4 is 16.7 Å². The maximum absolute atomic E-state index is 12.8. The van der Waals surface area contributed by atoms with Gasteiger partial charge in [0.15, 0.2) is 0 Å². The molecule has 0 saturated heterocycles. The summed E-state index contributed by atoms with van der Waals surface area (Å²) >= 11 is 0. The van der Waals surface area contributed by atoms with Gasteiger partial charge in [-0.1, -0.05) is 36.4 Å². The van der Waals surface area contributed by atoms with Crippen LogP contribution in [0.15, 0.2) is 79.0 Å². The Morgan fingerprint density at radius 3 is 2.50 bits per heavy atom. The number of pyridine rings is 1. The molecule has 4 rings (SSSR count). The van der Waals surface area contributed by atoms with Gasteiger partial charge in [-0.2, -0.15) is 18.4 Å². The van der Waals surface area contributed by atoms with Crippen LogP contribution in [-0.4, -0.2) is 10.9 Å². The fourth-order valence-electron chi connectivity index (χ4n) is 3.45. The van der Waals surface area contributed by atoms with E-state index in [1.54, 1.807) is 36.4 Å². The van der Waals surface area contributed by atoms with E-state index >= 15 is 0 Å². The molecule has 1 heterocycles. The molecule has 0 saturated carbocycles. The Balaban J connectivity index is 1.57. The highest BCUT2D eigenvalue weighted by Crippen LogP contribution is 2.33. The first kappa shape index (κ1) is 21.1. The normalized spacial score (nSPS) is 11.2. The lowest BCUT2D eigenvalue weighted by Crippen LogP contribution is -2.22. The molecular formula is C25H16F3N3O. The summed E-state index contributed by atoms with van der Waals surface area (Å²) in [5, 5.41) is 13.4. The van der Waals surface area contributed by atoms with Crippen molar-refractivity contribution in [2.45, 2.75) is 12.7 Å². The molecule has 0 bridgehead atoms. The average Bonchev–Trinajstić information content (AvgIpc) is 2.81. The zero-order valence-corrected chi connectivity index (χ0v) is 16.6. The molecule has 0 aliphatic carbocycles. The van der Waals surface area contributed by atoms with Crippen LogP contribution in [-0.2, 0) is 12.7 Å². The van der Waals surface area contributed by atoms with Crippen LogP contribution in [0.4, 0.5) is 13.2 Å². The molecule has 158 valence electrons. The van der Waals surface area contributed by atoms with Gasteiger partial charge < -0.3 is 5.32 Å². The molecule has 32 heavy (non-hydrogen) atoms. The van der Waals surface area contributed by atoms with E-state index in [4.69, 9.17) is 5.26 Å². The standard InChI is InChI=1S/C25H16F3N3O/c26-25(27,28)20-7-4-17(5-8-20)22-3-1-2-18-13-19(6-9-23(18)22)24(32)31-15-16-10-11-30-21(12-16)14-29/h1-13H,15H2,(H,31,32). The number of rotatable bonds is 4. The number of halogens is 3. The molecule has 0 aliphatic rings. The summed E-state index contributed by atoms with van der Waals surface area (Å²) in [6, 6.07) is 21.0. The number of nitriles is 1. The number of carbonyl (C=O) groups is 1. The van der Waals surface area contributed by atoms with E-state index in [0.717, 1.165) is 34.0 Å². The van der Waals surface area contributed by atoms with Gasteiger partial charge in [-0.25, -0.2) is 4.98 Å². The highest BCUT2D eigenvalue weighted by Gasteiger charge is 2.30. The molecule has 1 amide bonds. The third-order valence-electron chi connectivity index (χ3n) is 5.06. The monoisotopic (exact) mass is 431 g/mol. The van der Waals surface area contributed by atoms with Crippen molar-refractivity contribution in [3.8, 4) is 17.2 Å². The first-order valence-electron chi connectivity index (χ1n) is 9.69. The first-order valence-corrected chi connectivity index (χ1v) is 9.69. The van der Waals surface area contributed by atoms with Crippen LogP contribution >= 0.6 is 0 Å². The molecule has 0 unspecified atom stereocenters. The predicted octanol–water partition coefficient (Wildman–Crippen LogP) is 5.72. The highest BCUT2D eigenvalue weighted by atomic mass is 19.4. The number of hydrogen-bond acceptors (Lipinski definition) is 3. The summed E-state index contributed by atoms with van der Waals surface area (Å²) in [4.78, 5) is 16.5. The second-order valence-electron chi connectivity index (χ2n) is 7.16. The summed E-state index contributed by atoms with van der Waals surface area (Å²) in [6.45, 7) is 0.250. The van der Waals surface area contributed by atoms with Crippen LogP contribution < -0.4 is 5.32 Å². The predicted molar refractivity (Wildman–Crippen MR) is 115 cm³/mol. The first-order chi connectivity index (χ1) is 15.3. The molecule has 4 aromatic rings. The average molecular weight is 431 g/mol. The largest absolute Gasteiger partial charge is 0.416 e. The van der Waals surface area contributed by atoms with Gasteiger partial charge in [-0.05, 0) is 63.9 Å². The molecule has 1 aromatic heterocycles. The van der Waals surface area contributed by atoms with Gasteiger partial charge >= 0.3 is 6.18 Å². The minimum Gasteiger partial charge on any atom is -0.348 e. The molecule has 3 aromatic carbocycles. The van der Waals surface area contributed by atoms with Crippen LogP contribution in [0.25, 0.3) is 21.9 Å². The Bertz CT molecular complexity index is 1340. The molecule has 7 heteroatoms. The van der Waals surface area contributed by atoms with Crippen LogP contribution in [0.2, 0.25) is 0 Å². The summed E-state index contributed by atoms with van der Waals surface area (Å²) < 4.78 is 38.5. The van der Waals surface area contributed by atoms with Crippen molar-refractivity contribution in [3.63, 3.8) is 0 Å². The fourth-order valence-corrected chi connectivity index (χ4v) is 3.45. The summed E-state index contributed by atoms with van der Waals surface area (Å²) in [7, 11) is 0. The van der Waals surface area contributed by atoms with E-state index in [-0.39, 0.29) is 18.1 Å². The van der Waals surface area contributed by atoms with Crippen molar-refractivity contribution in [2.75, 3.05) is 0 Å². The Morgan fingerprint density at radius 2 is 1.78 bits per heavy atom. The van der Waals surface area contributed by atoms with Gasteiger partial charge in [-0.15, -0.1) is 0 Å². The minimum absolute atomic E-state index is 0.250. The quantitative estimate of drug-likeness (QED) is 0.449. The summed E-state index contributed by atoms with van der Waals surface area (Å²) in [5.41, 5.74) is 2.23. The smallest absolute Gasteiger partial charge is 0.348 e. The molecule has 0 spiro atoms. The van der Waals surface area contributed by atoms with Crippen molar-refractivity contribution < 1.29 is 18.0 Å². The van der Waals surface area contributed by atoms with Crippen LogP contribution in [0, 0.1) is 11.3 Å².